The van der Waals surface area contributed by atoms with Gasteiger partial charge in [-0.15, -0.1) is 11.3 Å². The van der Waals surface area contributed by atoms with Gasteiger partial charge in [0, 0.05) is 7.05 Å². The van der Waals surface area contributed by atoms with E-state index in [1.807, 2.05) is 0 Å². The van der Waals surface area contributed by atoms with E-state index in [0.717, 1.165) is 37.3 Å². The van der Waals surface area contributed by atoms with Crippen molar-refractivity contribution in [2.45, 2.75) is 39.5 Å². The second kappa shape index (κ2) is 9.68. The van der Waals surface area contributed by atoms with Crippen LogP contribution in [0.15, 0.2) is 0 Å². The summed E-state index contributed by atoms with van der Waals surface area (Å²) in [5.41, 5.74) is 0.805. The molecule has 1 aromatic heterocycles. The third-order valence-electron chi connectivity index (χ3n) is 4.53. The van der Waals surface area contributed by atoms with E-state index in [4.69, 9.17) is 4.74 Å². The van der Waals surface area contributed by atoms with Gasteiger partial charge in [-0.1, -0.05) is 0 Å². The fourth-order valence-electron chi connectivity index (χ4n) is 3.18. The minimum Gasteiger partial charge on any atom is -0.462 e. The number of carbonyl (C=O) groups excluding carboxylic acids is 3. The van der Waals surface area contributed by atoms with E-state index < -0.39 is 5.97 Å². The van der Waals surface area contributed by atoms with E-state index in [-0.39, 0.29) is 24.0 Å². The van der Waals surface area contributed by atoms with E-state index >= 15 is 0 Å². The Kier molecular flexibility index (Phi) is 7.59. The number of anilines is 1. The van der Waals surface area contributed by atoms with Gasteiger partial charge in [0.1, 0.15) is 5.00 Å². The normalized spacial score (nSPS) is 15.2. The zero-order valence-corrected chi connectivity index (χ0v) is 16.5. The lowest BCUT2D eigenvalue weighted by atomic mass is 10.1. The van der Waals surface area contributed by atoms with Crippen molar-refractivity contribution < 1.29 is 24.0 Å². The van der Waals surface area contributed by atoms with E-state index in [0.29, 0.717) is 22.0 Å². The highest BCUT2D eigenvalue weighted by Crippen LogP contribution is 2.33. The Morgan fingerprint density at radius 2 is 1.81 bits per heavy atom. The number of quaternary nitrogens is 1. The number of amides is 2. The molecular weight excluding hydrogens is 354 g/mol. The molecule has 1 aliphatic heterocycles. The van der Waals surface area contributed by atoms with Gasteiger partial charge in [0.2, 0.25) is 0 Å². The second-order valence-corrected chi connectivity index (χ2v) is 7.47. The molecule has 0 spiro atoms. The number of rotatable bonds is 6. The van der Waals surface area contributed by atoms with E-state index in [1.54, 1.807) is 13.8 Å². The summed E-state index contributed by atoms with van der Waals surface area (Å²) in [6.45, 7) is 6.00. The first-order valence-electron chi connectivity index (χ1n) is 9.13. The van der Waals surface area contributed by atoms with Crippen LogP contribution in [0.25, 0.3) is 0 Å². The molecule has 1 aromatic rings. The summed E-state index contributed by atoms with van der Waals surface area (Å²) in [6, 6.07) is 0. The molecule has 0 unspecified atom stereocenters. The zero-order valence-electron chi connectivity index (χ0n) is 15.7. The summed E-state index contributed by atoms with van der Waals surface area (Å²) in [6.07, 6.45) is 4.71. The third-order valence-corrected chi connectivity index (χ3v) is 5.74. The molecule has 144 valence electrons. The van der Waals surface area contributed by atoms with Gasteiger partial charge in [0.25, 0.3) is 11.8 Å². The average molecular weight is 383 g/mol. The molecule has 2 amide bonds. The van der Waals surface area contributed by atoms with Crippen molar-refractivity contribution in [2.75, 3.05) is 38.6 Å². The van der Waals surface area contributed by atoms with Crippen molar-refractivity contribution in [3.63, 3.8) is 0 Å². The largest absolute Gasteiger partial charge is 0.462 e. The lowest BCUT2D eigenvalue weighted by Crippen LogP contribution is -3.12. The summed E-state index contributed by atoms with van der Waals surface area (Å²) in [7, 11) is 1.53. The van der Waals surface area contributed by atoms with E-state index in [1.165, 1.54) is 24.8 Å². The minimum absolute atomic E-state index is 0.142. The van der Waals surface area contributed by atoms with Crippen molar-refractivity contribution in [1.29, 1.82) is 0 Å². The van der Waals surface area contributed by atoms with Gasteiger partial charge in [-0.3, -0.25) is 9.59 Å². The molecule has 0 atom stereocenters. The monoisotopic (exact) mass is 382 g/mol. The first-order chi connectivity index (χ1) is 12.5. The summed E-state index contributed by atoms with van der Waals surface area (Å²) in [5.74, 6) is -0.942. The lowest BCUT2D eigenvalue weighted by molar-refractivity contribution is -0.890. The summed E-state index contributed by atoms with van der Waals surface area (Å²) in [5, 5.41) is 5.79. The minimum atomic E-state index is -0.520. The molecule has 0 bridgehead atoms. The maximum atomic E-state index is 12.5. The van der Waals surface area contributed by atoms with Crippen molar-refractivity contribution >= 4 is 34.1 Å². The molecule has 0 saturated carbocycles. The van der Waals surface area contributed by atoms with Crippen LogP contribution in [0.5, 0.6) is 0 Å². The van der Waals surface area contributed by atoms with Crippen LogP contribution in [0.3, 0.4) is 0 Å². The lowest BCUT2D eigenvalue weighted by Gasteiger charge is -2.16. The van der Waals surface area contributed by atoms with Crippen LogP contribution in [0.1, 0.15) is 58.2 Å². The highest BCUT2D eigenvalue weighted by atomic mass is 32.1. The number of thiophene rings is 1. The van der Waals surface area contributed by atoms with Crippen molar-refractivity contribution in [1.82, 2.24) is 5.32 Å². The molecule has 1 saturated heterocycles. The van der Waals surface area contributed by atoms with Gasteiger partial charge in [0.15, 0.2) is 6.54 Å². The maximum Gasteiger partial charge on any atom is 0.341 e. The summed E-state index contributed by atoms with van der Waals surface area (Å²) in [4.78, 5) is 38.6. The van der Waals surface area contributed by atoms with Crippen LogP contribution in [-0.4, -0.2) is 51.1 Å². The smallest absolute Gasteiger partial charge is 0.341 e. The van der Waals surface area contributed by atoms with Crippen molar-refractivity contribution in [3.8, 4) is 0 Å². The molecule has 0 aliphatic carbocycles. The van der Waals surface area contributed by atoms with Gasteiger partial charge in [-0.05, 0) is 45.1 Å². The Balaban J connectivity index is 2.19. The van der Waals surface area contributed by atoms with Crippen LogP contribution < -0.4 is 15.5 Å². The van der Waals surface area contributed by atoms with Crippen LogP contribution in [-0.2, 0) is 9.53 Å². The van der Waals surface area contributed by atoms with Gasteiger partial charge in [-0.25, -0.2) is 4.79 Å². The molecule has 8 heteroatoms. The molecule has 1 fully saturated rings. The molecule has 1 aliphatic rings. The second-order valence-electron chi connectivity index (χ2n) is 6.45. The Bertz CT molecular complexity index is 664. The molecular formula is C18H28N3O4S+. The van der Waals surface area contributed by atoms with Crippen molar-refractivity contribution in [2.24, 2.45) is 0 Å². The maximum absolute atomic E-state index is 12.5. The predicted octanol–water partition coefficient (Wildman–Crippen LogP) is 0.990. The Labute approximate surface area is 158 Å². The van der Waals surface area contributed by atoms with E-state index in [9.17, 15) is 14.4 Å². The standard InChI is InChI=1S/C18H27N3O4S/c1-4-25-18(24)14-12(2)15(16(23)19-3)26-17(14)20-13(22)11-21-9-7-5-6-8-10-21/h4-11H2,1-3H3,(H,19,23)(H,20,22)/p+1. The van der Waals surface area contributed by atoms with Crippen LogP contribution in [0, 0.1) is 6.92 Å². The Hall–Kier alpha value is -1.93. The first-order valence-corrected chi connectivity index (χ1v) is 9.95. The van der Waals surface area contributed by atoms with Gasteiger partial charge < -0.3 is 20.3 Å². The number of hydrogen-bond acceptors (Lipinski definition) is 5. The number of nitrogens with one attached hydrogen (secondary N) is 3. The third kappa shape index (κ3) is 5.04. The number of ether oxygens (including phenoxy) is 1. The summed E-state index contributed by atoms with van der Waals surface area (Å²) < 4.78 is 5.10. The molecule has 0 radical (unpaired) electrons. The Morgan fingerprint density at radius 3 is 2.38 bits per heavy atom. The molecule has 3 N–H and O–H groups in total. The number of carbonyl (C=O) groups is 3. The fourth-order valence-corrected chi connectivity index (χ4v) is 4.34. The zero-order chi connectivity index (χ0) is 19.1. The van der Waals surface area contributed by atoms with Gasteiger partial charge in [0.05, 0.1) is 30.1 Å². The van der Waals surface area contributed by atoms with E-state index in [2.05, 4.69) is 10.6 Å². The highest BCUT2D eigenvalue weighted by Gasteiger charge is 2.27. The van der Waals surface area contributed by atoms with Crippen LogP contribution >= 0.6 is 11.3 Å². The number of esters is 1. The van der Waals surface area contributed by atoms with Gasteiger partial charge in [-0.2, -0.15) is 0 Å². The Morgan fingerprint density at radius 1 is 1.15 bits per heavy atom. The predicted molar refractivity (Wildman–Crippen MR) is 101 cm³/mol. The quantitative estimate of drug-likeness (QED) is 0.640. The topological polar surface area (TPSA) is 88.9 Å². The molecule has 7 nitrogen and oxygen atoms in total. The first kappa shape index (κ1) is 20.4. The highest BCUT2D eigenvalue weighted by molar-refractivity contribution is 7.18. The number of likely N-dealkylation sites (tertiary alicyclic amines) is 1. The average Bonchev–Trinajstić information content (AvgIpc) is 2.76. The fraction of sp³-hybridized carbons (Fsp3) is 0.611. The van der Waals surface area contributed by atoms with Crippen LogP contribution in [0.4, 0.5) is 5.00 Å². The number of hydrogen-bond donors (Lipinski definition) is 3. The molecule has 2 rings (SSSR count). The molecule has 26 heavy (non-hydrogen) atoms. The summed E-state index contributed by atoms with van der Waals surface area (Å²) >= 11 is 1.11. The van der Waals surface area contributed by atoms with Gasteiger partial charge >= 0.3 is 5.97 Å². The molecule has 2 heterocycles. The van der Waals surface area contributed by atoms with Crippen molar-refractivity contribution in [3.05, 3.63) is 16.0 Å². The molecule has 0 aromatic carbocycles. The van der Waals surface area contributed by atoms with Crippen LogP contribution in [0.2, 0.25) is 0 Å². The SMILES string of the molecule is CCOC(=O)c1c(NC(=O)C[NH+]2CCCCCC2)sc(C(=O)NC)c1C.